The molecule has 0 fully saturated rings. The summed E-state index contributed by atoms with van der Waals surface area (Å²) in [6.07, 6.45) is 0. The lowest BCUT2D eigenvalue weighted by Gasteiger charge is -2.10. The van der Waals surface area contributed by atoms with Crippen LogP contribution in [-0.4, -0.2) is 32.2 Å². The molecule has 0 spiro atoms. The zero-order valence-electron chi connectivity index (χ0n) is 13.7. The van der Waals surface area contributed by atoms with Crippen molar-refractivity contribution in [2.24, 2.45) is 0 Å². The van der Waals surface area contributed by atoms with E-state index in [2.05, 4.69) is 5.32 Å². The second-order valence-corrected chi connectivity index (χ2v) is 5.00. The summed E-state index contributed by atoms with van der Waals surface area (Å²) in [4.78, 5) is 23.3. The molecule has 0 heterocycles. The third-order valence-electron chi connectivity index (χ3n) is 3.18. The molecule has 0 atom stereocenters. The van der Waals surface area contributed by atoms with Crippen molar-refractivity contribution in [3.8, 4) is 11.5 Å². The number of esters is 1. The van der Waals surface area contributed by atoms with E-state index in [0.717, 1.165) is 5.56 Å². The Morgan fingerprint density at radius 2 is 1.68 bits per heavy atom. The van der Waals surface area contributed by atoms with E-state index in [1.807, 2.05) is 0 Å². The number of carbonyl (C=O) groups is 2. The summed E-state index contributed by atoms with van der Waals surface area (Å²) in [5.41, 5.74) is 0.737. The SMILES string of the molecule is COc1ccccc1OCC(=O)OCC(=O)NCc1ccc(F)cc1. The molecule has 0 saturated carbocycles. The van der Waals surface area contributed by atoms with Crippen molar-refractivity contribution in [1.29, 1.82) is 0 Å². The van der Waals surface area contributed by atoms with Crippen molar-refractivity contribution in [3.63, 3.8) is 0 Å². The van der Waals surface area contributed by atoms with Gasteiger partial charge in [0.05, 0.1) is 7.11 Å². The van der Waals surface area contributed by atoms with Gasteiger partial charge in [0.2, 0.25) is 0 Å². The van der Waals surface area contributed by atoms with Gasteiger partial charge in [-0.15, -0.1) is 0 Å². The van der Waals surface area contributed by atoms with E-state index in [1.165, 1.54) is 19.2 Å². The van der Waals surface area contributed by atoms with Crippen LogP contribution in [0.4, 0.5) is 4.39 Å². The lowest BCUT2D eigenvalue weighted by atomic mass is 10.2. The van der Waals surface area contributed by atoms with Gasteiger partial charge in [0, 0.05) is 6.54 Å². The zero-order valence-corrected chi connectivity index (χ0v) is 13.7. The molecule has 0 saturated heterocycles. The fourth-order valence-electron chi connectivity index (χ4n) is 1.92. The summed E-state index contributed by atoms with van der Waals surface area (Å²) < 4.78 is 28.0. The normalized spacial score (nSPS) is 10.0. The van der Waals surface area contributed by atoms with Gasteiger partial charge < -0.3 is 19.5 Å². The molecule has 0 aliphatic carbocycles. The quantitative estimate of drug-likeness (QED) is 0.740. The first-order valence-corrected chi connectivity index (χ1v) is 7.51. The van der Waals surface area contributed by atoms with Crippen molar-refractivity contribution in [1.82, 2.24) is 5.32 Å². The third-order valence-corrected chi connectivity index (χ3v) is 3.18. The Labute approximate surface area is 144 Å². The molecule has 7 heteroatoms. The maximum Gasteiger partial charge on any atom is 0.344 e. The lowest BCUT2D eigenvalue weighted by Crippen LogP contribution is -2.29. The summed E-state index contributed by atoms with van der Waals surface area (Å²) in [5.74, 6) is -0.591. The number of rotatable bonds is 8. The number of nitrogens with one attached hydrogen (secondary N) is 1. The highest BCUT2D eigenvalue weighted by Crippen LogP contribution is 2.25. The first-order valence-electron chi connectivity index (χ1n) is 7.51. The van der Waals surface area contributed by atoms with Crippen LogP contribution in [0.25, 0.3) is 0 Å². The second-order valence-electron chi connectivity index (χ2n) is 5.00. The standard InChI is InChI=1S/C18H18FNO5/c1-23-15-4-2-3-5-16(15)24-12-18(22)25-11-17(21)20-10-13-6-8-14(19)9-7-13/h2-9H,10-12H2,1H3,(H,20,21). The topological polar surface area (TPSA) is 73.9 Å². The highest BCUT2D eigenvalue weighted by molar-refractivity contribution is 5.80. The monoisotopic (exact) mass is 347 g/mol. The van der Waals surface area contributed by atoms with Gasteiger partial charge in [-0.2, -0.15) is 0 Å². The Bertz CT molecular complexity index is 718. The Morgan fingerprint density at radius 1 is 1.00 bits per heavy atom. The van der Waals surface area contributed by atoms with Gasteiger partial charge in [-0.1, -0.05) is 24.3 Å². The summed E-state index contributed by atoms with van der Waals surface area (Å²) in [5, 5.41) is 2.57. The van der Waals surface area contributed by atoms with E-state index in [0.29, 0.717) is 11.5 Å². The predicted molar refractivity (Wildman–Crippen MR) is 87.7 cm³/mol. The first-order chi connectivity index (χ1) is 12.1. The van der Waals surface area contributed by atoms with Crippen molar-refractivity contribution in [2.75, 3.05) is 20.3 Å². The molecule has 0 aliphatic heterocycles. The first kappa shape index (κ1) is 18.3. The van der Waals surface area contributed by atoms with E-state index in [-0.39, 0.29) is 19.0 Å². The van der Waals surface area contributed by atoms with Crippen molar-refractivity contribution >= 4 is 11.9 Å². The molecule has 25 heavy (non-hydrogen) atoms. The zero-order chi connectivity index (χ0) is 18.1. The van der Waals surface area contributed by atoms with E-state index < -0.39 is 18.5 Å². The number of halogens is 1. The molecule has 1 N–H and O–H groups in total. The van der Waals surface area contributed by atoms with Crippen LogP contribution in [0.1, 0.15) is 5.56 Å². The average molecular weight is 347 g/mol. The molecule has 2 aromatic rings. The smallest absolute Gasteiger partial charge is 0.344 e. The van der Waals surface area contributed by atoms with Crippen LogP contribution in [-0.2, 0) is 20.9 Å². The number of ether oxygens (including phenoxy) is 3. The molecule has 1 amide bonds. The third kappa shape index (κ3) is 6.14. The molecule has 0 radical (unpaired) electrons. The van der Waals surface area contributed by atoms with Crippen molar-refractivity contribution in [3.05, 3.63) is 59.9 Å². The van der Waals surface area contributed by atoms with Gasteiger partial charge in [-0.05, 0) is 29.8 Å². The molecule has 0 bridgehead atoms. The number of amides is 1. The summed E-state index contributed by atoms with van der Waals surface area (Å²) >= 11 is 0. The second kappa shape index (κ2) is 9.27. The fourth-order valence-corrected chi connectivity index (χ4v) is 1.92. The van der Waals surface area contributed by atoms with Gasteiger partial charge in [0.1, 0.15) is 5.82 Å². The Morgan fingerprint density at radius 3 is 2.36 bits per heavy atom. The molecule has 0 aliphatic rings. The number of methoxy groups -OCH3 is 1. The van der Waals surface area contributed by atoms with E-state index >= 15 is 0 Å². The average Bonchev–Trinajstić information content (AvgIpc) is 2.64. The lowest BCUT2D eigenvalue weighted by molar-refractivity contribution is -0.150. The molecule has 2 rings (SSSR count). The van der Waals surface area contributed by atoms with Gasteiger partial charge in [-0.25, -0.2) is 9.18 Å². The van der Waals surface area contributed by atoms with Crippen LogP contribution in [0.5, 0.6) is 11.5 Å². The van der Waals surface area contributed by atoms with E-state index in [9.17, 15) is 14.0 Å². The number of benzene rings is 2. The van der Waals surface area contributed by atoms with E-state index in [1.54, 1.807) is 36.4 Å². The number of hydrogen-bond acceptors (Lipinski definition) is 5. The van der Waals surface area contributed by atoms with Gasteiger partial charge in [-0.3, -0.25) is 4.79 Å². The number of para-hydroxylation sites is 2. The number of hydrogen-bond donors (Lipinski definition) is 1. The maximum atomic E-state index is 12.8. The minimum absolute atomic E-state index is 0.217. The highest BCUT2D eigenvalue weighted by Gasteiger charge is 2.10. The molecular weight excluding hydrogens is 329 g/mol. The summed E-state index contributed by atoms with van der Waals surface area (Å²) in [7, 11) is 1.49. The predicted octanol–water partition coefficient (Wildman–Crippen LogP) is 2.07. The van der Waals surface area contributed by atoms with Crippen LogP contribution < -0.4 is 14.8 Å². The Balaban J connectivity index is 1.68. The van der Waals surface area contributed by atoms with Crippen LogP contribution in [0.2, 0.25) is 0 Å². The van der Waals surface area contributed by atoms with Crippen LogP contribution in [0, 0.1) is 5.82 Å². The minimum Gasteiger partial charge on any atom is -0.493 e. The van der Waals surface area contributed by atoms with Crippen LogP contribution in [0.3, 0.4) is 0 Å². The molecular formula is C18H18FNO5. The maximum absolute atomic E-state index is 12.8. The molecule has 2 aromatic carbocycles. The summed E-state index contributed by atoms with van der Waals surface area (Å²) in [6, 6.07) is 12.6. The molecule has 132 valence electrons. The Hall–Kier alpha value is -3.09. The number of carbonyl (C=O) groups excluding carboxylic acids is 2. The summed E-state index contributed by atoms with van der Waals surface area (Å²) in [6.45, 7) is -0.546. The van der Waals surface area contributed by atoms with Crippen molar-refractivity contribution < 1.29 is 28.2 Å². The van der Waals surface area contributed by atoms with Gasteiger partial charge in [0.25, 0.3) is 5.91 Å². The molecule has 0 aromatic heterocycles. The fraction of sp³-hybridized carbons (Fsp3) is 0.222. The van der Waals surface area contributed by atoms with Gasteiger partial charge >= 0.3 is 5.97 Å². The van der Waals surface area contributed by atoms with E-state index in [4.69, 9.17) is 14.2 Å². The van der Waals surface area contributed by atoms with Crippen LogP contribution in [0.15, 0.2) is 48.5 Å². The minimum atomic E-state index is -0.678. The van der Waals surface area contributed by atoms with Crippen LogP contribution >= 0.6 is 0 Å². The van der Waals surface area contributed by atoms with Gasteiger partial charge in [0.15, 0.2) is 24.7 Å². The highest BCUT2D eigenvalue weighted by atomic mass is 19.1. The molecule has 0 unspecified atom stereocenters. The van der Waals surface area contributed by atoms with Crippen molar-refractivity contribution in [2.45, 2.75) is 6.54 Å². The molecule has 6 nitrogen and oxygen atoms in total. The Kier molecular flexibility index (Phi) is 6.76. The largest absolute Gasteiger partial charge is 0.493 e.